The molecule has 6 heteroatoms. The second-order valence-corrected chi connectivity index (χ2v) is 4.40. The van der Waals surface area contributed by atoms with Gasteiger partial charge in [-0.05, 0) is 29.7 Å². The Morgan fingerprint density at radius 3 is 2.28 bits per heavy atom. The van der Waals surface area contributed by atoms with Gasteiger partial charge in [0.05, 0.1) is 11.5 Å². The highest BCUT2D eigenvalue weighted by Gasteiger charge is 2.33. The molecule has 0 aliphatic heterocycles. The van der Waals surface area contributed by atoms with Gasteiger partial charge in [-0.15, -0.1) is 0 Å². The third-order valence-corrected chi connectivity index (χ3v) is 2.68. The molecule has 1 aromatic rings. The Kier molecular flexibility index (Phi) is 3.88. The van der Waals surface area contributed by atoms with Crippen LogP contribution in [0.3, 0.4) is 0 Å². The summed E-state index contributed by atoms with van der Waals surface area (Å²) in [6.07, 6.45) is -4.51. The number of nitrogen functional groups attached to an aromatic ring is 1. The monoisotopic (exact) mass is 261 g/mol. The third kappa shape index (κ3) is 2.94. The zero-order valence-corrected chi connectivity index (χ0v) is 9.95. The SMILES string of the molecule is CC(C)C(C(=O)O)c1cc(C(F)(F)F)ccc1N. The average Bonchev–Trinajstić information content (AvgIpc) is 2.18. The molecule has 0 aliphatic rings. The van der Waals surface area contributed by atoms with Crippen LogP contribution in [-0.4, -0.2) is 11.1 Å². The lowest BCUT2D eigenvalue weighted by Crippen LogP contribution is -2.20. The summed E-state index contributed by atoms with van der Waals surface area (Å²) < 4.78 is 37.7. The normalized spacial score (nSPS) is 13.7. The molecule has 0 amide bonds. The summed E-state index contributed by atoms with van der Waals surface area (Å²) in [7, 11) is 0. The highest BCUT2D eigenvalue weighted by atomic mass is 19.4. The van der Waals surface area contributed by atoms with Crippen LogP contribution in [0.1, 0.15) is 30.9 Å². The first-order chi connectivity index (χ1) is 8.14. The van der Waals surface area contributed by atoms with E-state index in [1.807, 2.05) is 0 Å². The summed E-state index contributed by atoms with van der Waals surface area (Å²) in [5, 5.41) is 9.08. The number of halogens is 3. The number of hydrogen-bond acceptors (Lipinski definition) is 2. The fourth-order valence-corrected chi connectivity index (χ4v) is 1.80. The Hall–Kier alpha value is -1.72. The number of anilines is 1. The van der Waals surface area contributed by atoms with Gasteiger partial charge in [-0.2, -0.15) is 13.2 Å². The van der Waals surface area contributed by atoms with Crippen LogP contribution >= 0.6 is 0 Å². The standard InChI is InChI=1S/C12H14F3NO2/c1-6(2)10(11(17)18)8-5-7(12(13,14)15)3-4-9(8)16/h3-6,10H,16H2,1-2H3,(H,17,18). The second-order valence-electron chi connectivity index (χ2n) is 4.40. The summed E-state index contributed by atoms with van der Waals surface area (Å²) in [5.41, 5.74) is 4.75. The van der Waals surface area contributed by atoms with Gasteiger partial charge >= 0.3 is 12.1 Å². The minimum atomic E-state index is -4.51. The van der Waals surface area contributed by atoms with Crippen molar-refractivity contribution in [3.63, 3.8) is 0 Å². The van der Waals surface area contributed by atoms with Crippen LogP contribution in [0.5, 0.6) is 0 Å². The van der Waals surface area contributed by atoms with Crippen LogP contribution < -0.4 is 5.73 Å². The maximum atomic E-state index is 12.6. The van der Waals surface area contributed by atoms with Gasteiger partial charge < -0.3 is 10.8 Å². The molecule has 0 aliphatic carbocycles. The molecule has 0 heterocycles. The average molecular weight is 261 g/mol. The highest BCUT2D eigenvalue weighted by molar-refractivity contribution is 5.79. The molecule has 100 valence electrons. The number of hydrogen-bond donors (Lipinski definition) is 2. The van der Waals surface area contributed by atoms with E-state index in [-0.39, 0.29) is 17.2 Å². The van der Waals surface area contributed by atoms with Crippen molar-refractivity contribution < 1.29 is 23.1 Å². The van der Waals surface area contributed by atoms with E-state index in [1.54, 1.807) is 13.8 Å². The first kappa shape index (κ1) is 14.3. The van der Waals surface area contributed by atoms with Crippen molar-refractivity contribution in [2.75, 3.05) is 5.73 Å². The molecular formula is C12H14F3NO2. The second kappa shape index (κ2) is 4.88. The van der Waals surface area contributed by atoms with Crippen molar-refractivity contribution in [2.45, 2.75) is 25.9 Å². The summed E-state index contributed by atoms with van der Waals surface area (Å²) >= 11 is 0. The van der Waals surface area contributed by atoms with E-state index in [9.17, 15) is 18.0 Å². The summed E-state index contributed by atoms with van der Waals surface area (Å²) in [6.45, 7) is 3.25. The van der Waals surface area contributed by atoms with Gasteiger partial charge in [0.15, 0.2) is 0 Å². The van der Waals surface area contributed by atoms with Crippen LogP contribution in [0.25, 0.3) is 0 Å². The van der Waals surface area contributed by atoms with E-state index in [2.05, 4.69) is 0 Å². The quantitative estimate of drug-likeness (QED) is 0.822. The number of alkyl halides is 3. The van der Waals surface area contributed by atoms with Gasteiger partial charge in [0.2, 0.25) is 0 Å². The zero-order valence-electron chi connectivity index (χ0n) is 9.95. The summed E-state index contributed by atoms with van der Waals surface area (Å²) in [4.78, 5) is 11.1. The number of carboxylic acid groups (broad SMARTS) is 1. The molecular weight excluding hydrogens is 247 g/mol. The molecule has 3 nitrogen and oxygen atoms in total. The van der Waals surface area contributed by atoms with Crippen LogP contribution in [-0.2, 0) is 11.0 Å². The number of nitrogens with two attached hydrogens (primary N) is 1. The fourth-order valence-electron chi connectivity index (χ4n) is 1.80. The Balaban J connectivity index is 3.34. The number of carbonyl (C=O) groups is 1. The maximum absolute atomic E-state index is 12.6. The Bertz CT molecular complexity index is 455. The molecule has 1 unspecified atom stereocenters. The predicted octanol–water partition coefficient (Wildman–Crippen LogP) is 3.11. The smallest absolute Gasteiger partial charge is 0.416 e. The molecule has 1 rings (SSSR count). The maximum Gasteiger partial charge on any atom is 0.416 e. The lowest BCUT2D eigenvalue weighted by atomic mass is 9.86. The number of aliphatic carboxylic acids is 1. The Morgan fingerprint density at radius 2 is 1.89 bits per heavy atom. The molecule has 1 atom stereocenters. The van der Waals surface area contributed by atoms with Crippen LogP contribution in [0.15, 0.2) is 18.2 Å². The molecule has 0 saturated heterocycles. The lowest BCUT2D eigenvalue weighted by Gasteiger charge is -2.20. The molecule has 0 radical (unpaired) electrons. The van der Waals surface area contributed by atoms with Crippen LogP contribution in [0.4, 0.5) is 18.9 Å². The molecule has 18 heavy (non-hydrogen) atoms. The van der Waals surface area contributed by atoms with E-state index in [4.69, 9.17) is 10.8 Å². The van der Waals surface area contributed by atoms with Crippen molar-refractivity contribution >= 4 is 11.7 Å². The minimum Gasteiger partial charge on any atom is -0.481 e. The number of rotatable bonds is 3. The Morgan fingerprint density at radius 1 is 1.33 bits per heavy atom. The minimum absolute atomic E-state index is 0.00678. The molecule has 0 bridgehead atoms. The lowest BCUT2D eigenvalue weighted by molar-refractivity contribution is -0.141. The molecule has 3 N–H and O–H groups in total. The van der Waals surface area contributed by atoms with Gasteiger partial charge in [-0.3, -0.25) is 4.79 Å². The van der Waals surface area contributed by atoms with E-state index in [0.717, 1.165) is 18.2 Å². The van der Waals surface area contributed by atoms with E-state index < -0.39 is 23.6 Å². The van der Waals surface area contributed by atoms with E-state index in [1.165, 1.54) is 0 Å². The molecule has 0 spiro atoms. The topological polar surface area (TPSA) is 63.3 Å². The summed E-state index contributed by atoms with van der Waals surface area (Å²) in [5.74, 6) is -2.59. The van der Waals surface area contributed by atoms with Gasteiger partial charge in [0, 0.05) is 5.69 Å². The van der Waals surface area contributed by atoms with Gasteiger partial charge in [0.25, 0.3) is 0 Å². The molecule has 0 aromatic heterocycles. The van der Waals surface area contributed by atoms with Crippen molar-refractivity contribution in [3.05, 3.63) is 29.3 Å². The Labute approximate surface area is 102 Å². The van der Waals surface area contributed by atoms with Gasteiger partial charge in [0.1, 0.15) is 0 Å². The van der Waals surface area contributed by atoms with Crippen molar-refractivity contribution in [2.24, 2.45) is 5.92 Å². The van der Waals surface area contributed by atoms with E-state index >= 15 is 0 Å². The molecule has 1 aromatic carbocycles. The fraction of sp³-hybridized carbons (Fsp3) is 0.417. The largest absolute Gasteiger partial charge is 0.481 e. The van der Waals surface area contributed by atoms with Gasteiger partial charge in [-0.25, -0.2) is 0 Å². The molecule has 0 saturated carbocycles. The van der Waals surface area contributed by atoms with Crippen LogP contribution in [0.2, 0.25) is 0 Å². The summed E-state index contributed by atoms with van der Waals surface area (Å²) in [6, 6.07) is 2.75. The zero-order chi connectivity index (χ0) is 14.1. The third-order valence-electron chi connectivity index (χ3n) is 2.68. The first-order valence-corrected chi connectivity index (χ1v) is 5.34. The highest BCUT2D eigenvalue weighted by Crippen LogP contribution is 2.35. The van der Waals surface area contributed by atoms with Crippen LogP contribution in [0, 0.1) is 5.92 Å². The number of carboxylic acids is 1. The number of benzene rings is 1. The van der Waals surface area contributed by atoms with Gasteiger partial charge in [-0.1, -0.05) is 13.8 Å². The van der Waals surface area contributed by atoms with E-state index in [0.29, 0.717) is 0 Å². The molecule has 0 fully saturated rings. The first-order valence-electron chi connectivity index (χ1n) is 5.34. The van der Waals surface area contributed by atoms with Crippen molar-refractivity contribution in [3.8, 4) is 0 Å². The predicted molar refractivity (Wildman–Crippen MR) is 61.1 cm³/mol. The van der Waals surface area contributed by atoms with Crippen molar-refractivity contribution in [1.82, 2.24) is 0 Å². The van der Waals surface area contributed by atoms with Crippen molar-refractivity contribution in [1.29, 1.82) is 0 Å².